The molecular weight excluding hydrogens is 222 g/mol. The second-order valence-corrected chi connectivity index (χ2v) is 6.39. The molecule has 1 aliphatic rings. The van der Waals surface area contributed by atoms with E-state index in [4.69, 9.17) is 4.74 Å². The van der Waals surface area contributed by atoms with Gasteiger partial charge in [-0.1, -0.05) is 26.0 Å². The highest BCUT2D eigenvalue weighted by atomic mass is 16.5. The Labute approximate surface area is 111 Å². The van der Waals surface area contributed by atoms with Gasteiger partial charge >= 0.3 is 0 Å². The van der Waals surface area contributed by atoms with Crippen molar-refractivity contribution in [3.63, 3.8) is 0 Å². The Hall–Kier alpha value is -1.02. The number of hydrogen-bond acceptors (Lipinski definition) is 2. The molecule has 0 fully saturated rings. The van der Waals surface area contributed by atoms with Crippen molar-refractivity contribution >= 4 is 0 Å². The smallest absolute Gasteiger partial charge is 0.123 e. The van der Waals surface area contributed by atoms with E-state index in [9.17, 15) is 0 Å². The Bertz CT molecular complexity index is 423. The summed E-state index contributed by atoms with van der Waals surface area (Å²) in [6.07, 6.45) is 1.01. The zero-order valence-corrected chi connectivity index (χ0v) is 12.2. The summed E-state index contributed by atoms with van der Waals surface area (Å²) in [5.41, 5.74) is 2.65. The van der Waals surface area contributed by atoms with Gasteiger partial charge in [0.1, 0.15) is 11.4 Å². The van der Waals surface area contributed by atoms with Crippen LogP contribution in [0, 0.1) is 5.92 Å². The lowest BCUT2D eigenvalue weighted by Crippen LogP contribution is -2.30. The third-order valence-corrected chi connectivity index (χ3v) is 3.76. The van der Waals surface area contributed by atoms with Crippen LogP contribution in [0.2, 0.25) is 0 Å². The Balaban J connectivity index is 2.01. The van der Waals surface area contributed by atoms with Crippen molar-refractivity contribution in [2.75, 3.05) is 0 Å². The van der Waals surface area contributed by atoms with Gasteiger partial charge in [0.25, 0.3) is 0 Å². The molecule has 1 aliphatic heterocycles. The summed E-state index contributed by atoms with van der Waals surface area (Å²) in [5, 5.41) is 3.57. The molecule has 2 nitrogen and oxygen atoms in total. The molecule has 0 spiro atoms. The number of hydrogen-bond donors (Lipinski definition) is 1. The summed E-state index contributed by atoms with van der Waals surface area (Å²) in [6, 6.07) is 7.11. The lowest BCUT2D eigenvalue weighted by Gasteiger charge is -2.17. The Kier molecular flexibility index (Phi) is 3.67. The van der Waals surface area contributed by atoms with Gasteiger partial charge in [0.2, 0.25) is 0 Å². The fourth-order valence-corrected chi connectivity index (χ4v) is 2.29. The Morgan fingerprint density at radius 1 is 1.28 bits per heavy atom. The molecule has 2 rings (SSSR count). The van der Waals surface area contributed by atoms with E-state index >= 15 is 0 Å². The van der Waals surface area contributed by atoms with Crippen molar-refractivity contribution in [1.82, 2.24) is 5.32 Å². The van der Waals surface area contributed by atoms with Gasteiger partial charge in [-0.25, -0.2) is 0 Å². The monoisotopic (exact) mass is 247 g/mol. The van der Waals surface area contributed by atoms with Crippen LogP contribution in [0.1, 0.15) is 45.7 Å². The van der Waals surface area contributed by atoms with Gasteiger partial charge in [0.05, 0.1) is 0 Å². The average molecular weight is 247 g/mol. The third kappa shape index (κ3) is 3.05. The molecule has 0 saturated heterocycles. The van der Waals surface area contributed by atoms with Crippen LogP contribution in [-0.4, -0.2) is 11.6 Å². The predicted octanol–water partition coefficient (Wildman–Crippen LogP) is 3.53. The molecule has 1 heterocycles. The standard InChI is InChI=1S/C16H25NO/c1-11(2)12(3)17-10-13-6-7-15-14(8-13)9-16(4,5)18-15/h6-8,11-12,17H,9-10H2,1-5H3. The number of ether oxygens (including phenoxy) is 1. The van der Waals surface area contributed by atoms with Crippen molar-refractivity contribution in [2.45, 2.75) is 59.2 Å². The largest absolute Gasteiger partial charge is 0.487 e. The van der Waals surface area contributed by atoms with Gasteiger partial charge in [0, 0.05) is 19.0 Å². The van der Waals surface area contributed by atoms with E-state index in [0.717, 1.165) is 18.7 Å². The molecule has 1 N–H and O–H groups in total. The van der Waals surface area contributed by atoms with Crippen molar-refractivity contribution in [3.05, 3.63) is 29.3 Å². The van der Waals surface area contributed by atoms with Gasteiger partial charge < -0.3 is 10.1 Å². The third-order valence-electron chi connectivity index (χ3n) is 3.76. The predicted molar refractivity (Wildman–Crippen MR) is 76.0 cm³/mol. The van der Waals surface area contributed by atoms with Gasteiger partial charge in [-0.15, -0.1) is 0 Å². The highest BCUT2D eigenvalue weighted by molar-refractivity contribution is 5.41. The van der Waals surface area contributed by atoms with Gasteiger partial charge in [-0.2, -0.15) is 0 Å². The zero-order chi connectivity index (χ0) is 13.3. The minimum atomic E-state index is -0.0421. The van der Waals surface area contributed by atoms with E-state index in [1.54, 1.807) is 0 Å². The lowest BCUT2D eigenvalue weighted by atomic mass is 10.00. The van der Waals surface area contributed by atoms with Crippen molar-refractivity contribution in [1.29, 1.82) is 0 Å². The van der Waals surface area contributed by atoms with Crippen LogP contribution >= 0.6 is 0 Å². The lowest BCUT2D eigenvalue weighted by molar-refractivity contribution is 0.138. The molecule has 0 aromatic heterocycles. The zero-order valence-electron chi connectivity index (χ0n) is 12.2. The first-order valence-corrected chi connectivity index (χ1v) is 6.91. The minimum Gasteiger partial charge on any atom is -0.487 e. The highest BCUT2D eigenvalue weighted by Gasteiger charge is 2.29. The SMILES string of the molecule is CC(C)C(C)NCc1ccc2c(c1)CC(C)(C)O2. The van der Waals surface area contributed by atoms with Gasteiger partial charge in [-0.05, 0) is 43.9 Å². The van der Waals surface area contributed by atoms with Crippen molar-refractivity contribution in [3.8, 4) is 5.75 Å². The van der Waals surface area contributed by atoms with Crippen molar-refractivity contribution < 1.29 is 4.74 Å². The van der Waals surface area contributed by atoms with Crippen LogP contribution in [0.5, 0.6) is 5.75 Å². The molecule has 2 heteroatoms. The number of nitrogens with one attached hydrogen (secondary N) is 1. The second-order valence-electron chi connectivity index (χ2n) is 6.39. The summed E-state index contributed by atoms with van der Waals surface area (Å²) in [7, 11) is 0. The van der Waals surface area contributed by atoms with Crippen molar-refractivity contribution in [2.24, 2.45) is 5.92 Å². The molecule has 1 atom stereocenters. The van der Waals surface area contributed by atoms with E-state index in [-0.39, 0.29) is 5.60 Å². The van der Waals surface area contributed by atoms with Crippen LogP contribution < -0.4 is 10.1 Å². The maximum Gasteiger partial charge on any atom is 0.123 e. The summed E-state index contributed by atoms with van der Waals surface area (Å²) in [5.74, 6) is 1.72. The summed E-state index contributed by atoms with van der Waals surface area (Å²) in [4.78, 5) is 0. The number of rotatable bonds is 4. The summed E-state index contributed by atoms with van der Waals surface area (Å²) in [6.45, 7) is 12.0. The van der Waals surface area contributed by atoms with E-state index in [0.29, 0.717) is 12.0 Å². The number of fused-ring (bicyclic) bond motifs is 1. The minimum absolute atomic E-state index is 0.0421. The molecule has 1 aromatic carbocycles. The van der Waals surface area contributed by atoms with Crippen LogP contribution in [0.3, 0.4) is 0 Å². The molecule has 0 saturated carbocycles. The quantitative estimate of drug-likeness (QED) is 0.878. The van der Waals surface area contributed by atoms with Crippen LogP contribution in [-0.2, 0) is 13.0 Å². The Morgan fingerprint density at radius 3 is 2.67 bits per heavy atom. The topological polar surface area (TPSA) is 21.3 Å². The summed E-state index contributed by atoms with van der Waals surface area (Å²) < 4.78 is 5.89. The molecule has 100 valence electrons. The first-order chi connectivity index (χ1) is 8.37. The van der Waals surface area contributed by atoms with Crippen LogP contribution in [0.15, 0.2) is 18.2 Å². The Morgan fingerprint density at radius 2 is 2.00 bits per heavy atom. The molecule has 18 heavy (non-hydrogen) atoms. The van der Waals surface area contributed by atoms with E-state index < -0.39 is 0 Å². The first-order valence-electron chi connectivity index (χ1n) is 6.91. The van der Waals surface area contributed by atoms with Gasteiger partial charge in [0.15, 0.2) is 0 Å². The van der Waals surface area contributed by atoms with Crippen LogP contribution in [0.25, 0.3) is 0 Å². The van der Waals surface area contributed by atoms with E-state index in [1.807, 2.05) is 0 Å². The maximum atomic E-state index is 5.89. The maximum absolute atomic E-state index is 5.89. The molecule has 0 aliphatic carbocycles. The first kappa shape index (κ1) is 13.4. The van der Waals surface area contributed by atoms with Gasteiger partial charge in [-0.3, -0.25) is 0 Å². The molecule has 1 unspecified atom stereocenters. The fraction of sp³-hybridized carbons (Fsp3) is 0.625. The highest BCUT2D eigenvalue weighted by Crippen LogP contribution is 2.35. The van der Waals surface area contributed by atoms with E-state index in [1.165, 1.54) is 11.1 Å². The van der Waals surface area contributed by atoms with E-state index in [2.05, 4.69) is 58.1 Å². The van der Waals surface area contributed by atoms with Crippen LogP contribution in [0.4, 0.5) is 0 Å². The molecule has 0 radical (unpaired) electrons. The summed E-state index contributed by atoms with van der Waals surface area (Å²) >= 11 is 0. The molecule has 1 aromatic rings. The second kappa shape index (κ2) is 4.93. The average Bonchev–Trinajstić information content (AvgIpc) is 2.58. The molecule has 0 amide bonds. The normalized spacial score (nSPS) is 18.6. The number of benzene rings is 1. The molecular formula is C16H25NO. The fourth-order valence-electron chi connectivity index (χ4n) is 2.29. The molecule has 0 bridgehead atoms.